The van der Waals surface area contributed by atoms with Gasteiger partial charge in [-0.2, -0.15) is 0 Å². The molecule has 0 unspecified atom stereocenters. The van der Waals surface area contributed by atoms with Crippen LogP contribution in [-0.4, -0.2) is 0 Å². The first kappa shape index (κ1) is 9.65. The van der Waals surface area contributed by atoms with Crippen LogP contribution in [-0.2, 0) is 0 Å². The number of anilines is 2. The number of rotatable bonds is 2. The molecule has 0 amide bonds. The van der Waals surface area contributed by atoms with E-state index in [1.807, 2.05) is 6.07 Å². The van der Waals surface area contributed by atoms with Crippen molar-refractivity contribution >= 4 is 11.4 Å². The van der Waals surface area contributed by atoms with Crippen molar-refractivity contribution in [1.82, 2.24) is 0 Å². The minimum absolute atomic E-state index is 0.122. The summed E-state index contributed by atoms with van der Waals surface area (Å²) in [5, 5.41) is 2.69. The van der Waals surface area contributed by atoms with Gasteiger partial charge in [-0.25, -0.2) is 8.78 Å². The van der Waals surface area contributed by atoms with Crippen molar-refractivity contribution < 1.29 is 8.78 Å². The van der Waals surface area contributed by atoms with Gasteiger partial charge < -0.3 is 5.32 Å². The van der Waals surface area contributed by atoms with Crippen LogP contribution in [0.4, 0.5) is 20.2 Å². The maximum absolute atomic E-state index is 13.2. The Labute approximate surface area is 86.4 Å². The third kappa shape index (κ3) is 2.13. The monoisotopic (exact) mass is 205 g/mol. The van der Waals surface area contributed by atoms with Crippen molar-refractivity contribution in [3.63, 3.8) is 0 Å². The van der Waals surface area contributed by atoms with Crippen LogP contribution in [0.3, 0.4) is 0 Å². The summed E-state index contributed by atoms with van der Waals surface area (Å²) in [5.74, 6) is -1.20. The van der Waals surface area contributed by atoms with Gasteiger partial charge in [0, 0.05) is 5.69 Å². The van der Waals surface area contributed by atoms with Gasteiger partial charge in [0.05, 0.1) is 0 Å². The lowest BCUT2D eigenvalue weighted by Crippen LogP contribution is -1.96. The molecule has 0 aliphatic carbocycles. The highest BCUT2D eigenvalue weighted by Gasteiger charge is 2.07. The van der Waals surface area contributed by atoms with Gasteiger partial charge in [0.15, 0.2) is 0 Å². The molecule has 1 N–H and O–H groups in total. The smallest absolute Gasteiger partial charge is 0.149 e. The van der Waals surface area contributed by atoms with E-state index in [-0.39, 0.29) is 5.69 Å². The van der Waals surface area contributed by atoms with Crippen LogP contribution >= 0.6 is 0 Å². The summed E-state index contributed by atoms with van der Waals surface area (Å²) in [6, 6.07) is 12.7. The number of nitrogens with one attached hydrogen (secondary N) is 1. The summed E-state index contributed by atoms with van der Waals surface area (Å²) in [6.07, 6.45) is 0. The molecule has 0 fully saturated rings. The highest BCUT2D eigenvalue weighted by molar-refractivity contribution is 5.60. The topological polar surface area (TPSA) is 12.0 Å². The van der Waals surface area contributed by atoms with Gasteiger partial charge in [-0.05, 0) is 24.3 Å². The highest BCUT2D eigenvalue weighted by atomic mass is 19.1. The third-order valence-electron chi connectivity index (χ3n) is 2.01. The fraction of sp³-hybridized carbons (Fsp3) is 0. The number of para-hydroxylation sites is 2. The van der Waals surface area contributed by atoms with Crippen LogP contribution in [0.5, 0.6) is 0 Å². The van der Waals surface area contributed by atoms with Gasteiger partial charge in [-0.3, -0.25) is 0 Å². The zero-order valence-corrected chi connectivity index (χ0v) is 7.87. The molecule has 2 rings (SSSR count). The number of hydrogen-bond acceptors (Lipinski definition) is 1. The molecule has 2 aromatic rings. The van der Waals surface area contributed by atoms with Crippen LogP contribution < -0.4 is 5.32 Å². The molecule has 0 heterocycles. The highest BCUT2D eigenvalue weighted by Crippen LogP contribution is 2.22. The van der Waals surface area contributed by atoms with E-state index in [0.29, 0.717) is 5.69 Å². The first-order chi connectivity index (χ1) is 7.27. The van der Waals surface area contributed by atoms with Gasteiger partial charge in [0.1, 0.15) is 17.3 Å². The fourth-order valence-corrected chi connectivity index (χ4v) is 1.28. The molecule has 1 nitrogen and oxygen atoms in total. The van der Waals surface area contributed by atoms with E-state index in [2.05, 4.69) is 5.32 Å². The Hall–Kier alpha value is -1.90. The van der Waals surface area contributed by atoms with Crippen LogP contribution in [0.25, 0.3) is 0 Å². The molecular formula is C12H9F2N. The lowest BCUT2D eigenvalue weighted by Gasteiger charge is -2.07. The molecule has 0 aliphatic rings. The Bertz CT molecular complexity index is 434. The van der Waals surface area contributed by atoms with Crippen molar-refractivity contribution in [3.05, 3.63) is 60.2 Å². The SMILES string of the molecule is Fc1cccc(F)c1Nc1ccccc1. The predicted molar refractivity (Wildman–Crippen MR) is 56.1 cm³/mol. The van der Waals surface area contributed by atoms with Gasteiger partial charge in [0.2, 0.25) is 0 Å². The number of hydrogen-bond donors (Lipinski definition) is 1. The summed E-state index contributed by atoms with van der Waals surface area (Å²) in [4.78, 5) is 0. The van der Waals surface area contributed by atoms with Crippen LogP contribution in [0, 0.1) is 11.6 Å². The Morgan fingerprint density at radius 2 is 1.33 bits per heavy atom. The zero-order chi connectivity index (χ0) is 10.7. The summed E-state index contributed by atoms with van der Waals surface area (Å²) in [5.41, 5.74) is 0.533. The van der Waals surface area contributed by atoms with Crippen LogP contribution in [0.2, 0.25) is 0 Å². The molecule has 2 aromatic carbocycles. The standard InChI is InChI=1S/C12H9F2N/c13-10-7-4-8-11(14)12(10)15-9-5-2-1-3-6-9/h1-8,15H. The van der Waals surface area contributed by atoms with Crippen molar-refractivity contribution in [2.45, 2.75) is 0 Å². The van der Waals surface area contributed by atoms with E-state index in [0.717, 1.165) is 0 Å². The summed E-state index contributed by atoms with van der Waals surface area (Å²) >= 11 is 0. The van der Waals surface area contributed by atoms with Crippen molar-refractivity contribution in [1.29, 1.82) is 0 Å². The summed E-state index contributed by atoms with van der Waals surface area (Å²) in [6.45, 7) is 0. The van der Waals surface area contributed by atoms with E-state index in [4.69, 9.17) is 0 Å². The molecule has 0 atom stereocenters. The third-order valence-corrected chi connectivity index (χ3v) is 2.01. The van der Waals surface area contributed by atoms with E-state index in [1.54, 1.807) is 24.3 Å². The van der Waals surface area contributed by atoms with Crippen LogP contribution in [0.15, 0.2) is 48.5 Å². The first-order valence-electron chi connectivity index (χ1n) is 4.53. The largest absolute Gasteiger partial charge is 0.351 e. The minimum atomic E-state index is -0.598. The van der Waals surface area contributed by atoms with Crippen molar-refractivity contribution in [2.75, 3.05) is 5.32 Å². The second-order valence-electron chi connectivity index (χ2n) is 3.09. The van der Waals surface area contributed by atoms with Crippen LogP contribution in [0.1, 0.15) is 0 Å². The maximum Gasteiger partial charge on any atom is 0.149 e. The average Bonchev–Trinajstić information content (AvgIpc) is 2.25. The maximum atomic E-state index is 13.2. The normalized spacial score (nSPS) is 10.0. The lowest BCUT2D eigenvalue weighted by molar-refractivity contribution is 0.591. The Balaban J connectivity index is 2.32. The first-order valence-corrected chi connectivity index (χ1v) is 4.53. The molecule has 0 saturated heterocycles. The molecule has 0 radical (unpaired) electrons. The summed E-state index contributed by atoms with van der Waals surface area (Å²) in [7, 11) is 0. The van der Waals surface area contributed by atoms with Gasteiger partial charge in [-0.1, -0.05) is 24.3 Å². The molecule has 3 heteroatoms. The predicted octanol–water partition coefficient (Wildman–Crippen LogP) is 3.71. The second kappa shape index (κ2) is 4.09. The van der Waals surface area contributed by atoms with Crippen molar-refractivity contribution in [3.8, 4) is 0 Å². The Morgan fingerprint density at radius 3 is 1.93 bits per heavy atom. The summed E-state index contributed by atoms with van der Waals surface area (Å²) < 4.78 is 26.5. The molecule has 0 spiro atoms. The van der Waals surface area contributed by atoms with Crippen molar-refractivity contribution in [2.24, 2.45) is 0 Å². The molecule has 0 aromatic heterocycles. The fourth-order valence-electron chi connectivity index (χ4n) is 1.28. The van der Waals surface area contributed by atoms with E-state index in [9.17, 15) is 8.78 Å². The van der Waals surface area contributed by atoms with E-state index < -0.39 is 11.6 Å². The second-order valence-corrected chi connectivity index (χ2v) is 3.09. The zero-order valence-electron chi connectivity index (χ0n) is 7.87. The Kier molecular flexibility index (Phi) is 2.63. The number of halogens is 2. The number of benzene rings is 2. The van der Waals surface area contributed by atoms with E-state index >= 15 is 0 Å². The average molecular weight is 205 g/mol. The molecule has 15 heavy (non-hydrogen) atoms. The molecule has 76 valence electrons. The van der Waals surface area contributed by atoms with Gasteiger partial charge in [0.25, 0.3) is 0 Å². The molecular weight excluding hydrogens is 196 g/mol. The minimum Gasteiger partial charge on any atom is -0.351 e. The van der Waals surface area contributed by atoms with E-state index in [1.165, 1.54) is 18.2 Å². The molecule has 0 bridgehead atoms. The van der Waals surface area contributed by atoms with Gasteiger partial charge >= 0.3 is 0 Å². The molecule has 0 aliphatic heterocycles. The van der Waals surface area contributed by atoms with Gasteiger partial charge in [-0.15, -0.1) is 0 Å². The quantitative estimate of drug-likeness (QED) is 0.788. The molecule has 0 saturated carbocycles. The Morgan fingerprint density at radius 1 is 0.733 bits per heavy atom. The lowest BCUT2D eigenvalue weighted by atomic mass is 10.2.